The van der Waals surface area contributed by atoms with E-state index in [4.69, 9.17) is 16.7 Å². The van der Waals surface area contributed by atoms with Gasteiger partial charge in [-0.1, -0.05) is 31.5 Å². The maximum Gasteiger partial charge on any atom is 0.326 e. The van der Waals surface area contributed by atoms with Gasteiger partial charge in [0.25, 0.3) is 5.91 Å². The van der Waals surface area contributed by atoms with Crippen molar-refractivity contribution in [2.45, 2.75) is 26.3 Å². The third-order valence-electron chi connectivity index (χ3n) is 3.64. The van der Waals surface area contributed by atoms with Gasteiger partial charge < -0.3 is 15.7 Å². The molecule has 0 spiro atoms. The predicted molar refractivity (Wildman–Crippen MR) is 99.9 cm³/mol. The number of aromatic nitrogens is 2. The highest BCUT2D eigenvalue weighted by atomic mass is 35.5. The fourth-order valence-electron chi connectivity index (χ4n) is 2.40. The number of hydrogen-bond donors (Lipinski definition) is 3. The number of nitrogens with zero attached hydrogens (tertiary/aromatic N) is 2. The monoisotopic (exact) mass is 392 g/mol. The minimum absolute atomic E-state index is 0.108. The summed E-state index contributed by atoms with van der Waals surface area (Å²) in [6.07, 6.45) is 1.91. The van der Waals surface area contributed by atoms with Crippen molar-refractivity contribution in [3.63, 3.8) is 0 Å². The standard InChI is InChI=1S/C18H21ClN4O4/c1-11(2)8-15(18(26)27)21-16(24)10-20-17(25)14-6-7-23(22-14)13-5-3-4-12(19)9-13/h3-7,9,11,15H,8,10H2,1-2H3,(H,20,25)(H,21,24)(H,26,27)/t15-/m0/s1. The topological polar surface area (TPSA) is 113 Å². The van der Waals surface area contributed by atoms with Crippen LogP contribution >= 0.6 is 11.6 Å². The molecular weight excluding hydrogens is 372 g/mol. The fraction of sp³-hybridized carbons (Fsp3) is 0.333. The van der Waals surface area contributed by atoms with Crippen molar-refractivity contribution in [2.24, 2.45) is 5.92 Å². The number of aliphatic carboxylic acids is 1. The first-order valence-electron chi connectivity index (χ1n) is 8.38. The van der Waals surface area contributed by atoms with Crippen LogP contribution in [0.5, 0.6) is 0 Å². The lowest BCUT2D eigenvalue weighted by Gasteiger charge is -2.16. The number of rotatable bonds is 8. The summed E-state index contributed by atoms with van der Waals surface area (Å²) in [7, 11) is 0. The van der Waals surface area contributed by atoms with Crippen LogP contribution in [0.1, 0.15) is 30.8 Å². The summed E-state index contributed by atoms with van der Waals surface area (Å²) in [6.45, 7) is 3.38. The van der Waals surface area contributed by atoms with Gasteiger partial charge in [0.1, 0.15) is 6.04 Å². The summed E-state index contributed by atoms with van der Waals surface area (Å²) in [5.74, 6) is -2.12. The van der Waals surface area contributed by atoms with Crippen LogP contribution in [0.15, 0.2) is 36.5 Å². The Kier molecular flexibility index (Phi) is 6.95. The number of amides is 2. The Labute approximate surface area is 161 Å². The van der Waals surface area contributed by atoms with Crippen LogP contribution in [0.4, 0.5) is 0 Å². The molecule has 9 heteroatoms. The molecule has 2 rings (SSSR count). The van der Waals surface area contributed by atoms with E-state index in [1.807, 2.05) is 13.8 Å². The van der Waals surface area contributed by atoms with Crippen molar-refractivity contribution in [2.75, 3.05) is 6.54 Å². The summed E-state index contributed by atoms with van der Waals surface area (Å²) in [5.41, 5.74) is 0.817. The Bertz CT molecular complexity index is 834. The number of carboxylic acids is 1. The molecule has 3 N–H and O–H groups in total. The van der Waals surface area contributed by atoms with E-state index in [1.54, 1.807) is 30.5 Å². The molecular formula is C18H21ClN4O4. The van der Waals surface area contributed by atoms with Gasteiger partial charge in [-0.25, -0.2) is 9.48 Å². The van der Waals surface area contributed by atoms with Crippen LogP contribution in [0, 0.1) is 5.92 Å². The third kappa shape index (κ3) is 6.10. The molecule has 0 radical (unpaired) electrons. The zero-order chi connectivity index (χ0) is 20.0. The van der Waals surface area contributed by atoms with E-state index in [2.05, 4.69) is 15.7 Å². The van der Waals surface area contributed by atoms with Gasteiger partial charge in [-0.15, -0.1) is 0 Å². The second-order valence-corrected chi connectivity index (χ2v) is 6.83. The highest BCUT2D eigenvalue weighted by Crippen LogP contribution is 2.14. The van der Waals surface area contributed by atoms with E-state index in [9.17, 15) is 14.4 Å². The lowest BCUT2D eigenvalue weighted by atomic mass is 10.0. The maximum atomic E-state index is 12.1. The normalized spacial score (nSPS) is 11.9. The van der Waals surface area contributed by atoms with E-state index in [0.29, 0.717) is 17.1 Å². The number of halogens is 1. The first-order chi connectivity index (χ1) is 12.8. The average Bonchev–Trinajstić information content (AvgIpc) is 3.09. The van der Waals surface area contributed by atoms with Crippen molar-refractivity contribution in [3.8, 4) is 5.69 Å². The molecule has 1 aromatic heterocycles. The second-order valence-electron chi connectivity index (χ2n) is 6.40. The van der Waals surface area contributed by atoms with Crippen molar-refractivity contribution in [1.82, 2.24) is 20.4 Å². The minimum atomic E-state index is -1.11. The highest BCUT2D eigenvalue weighted by Gasteiger charge is 2.21. The fourth-order valence-corrected chi connectivity index (χ4v) is 2.58. The summed E-state index contributed by atoms with van der Waals surface area (Å²) >= 11 is 5.94. The van der Waals surface area contributed by atoms with Gasteiger partial charge in [-0.3, -0.25) is 9.59 Å². The largest absolute Gasteiger partial charge is 0.480 e. The van der Waals surface area contributed by atoms with Crippen molar-refractivity contribution < 1.29 is 19.5 Å². The summed E-state index contributed by atoms with van der Waals surface area (Å²) in [4.78, 5) is 35.2. The highest BCUT2D eigenvalue weighted by molar-refractivity contribution is 6.30. The quantitative estimate of drug-likeness (QED) is 0.634. The number of carboxylic acid groups (broad SMARTS) is 1. The van der Waals surface area contributed by atoms with Crippen LogP contribution in [0.3, 0.4) is 0 Å². The Morgan fingerprint density at radius 1 is 1.26 bits per heavy atom. The van der Waals surface area contributed by atoms with Gasteiger partial charge in [0.15, 0.2) is 5.69 Å². The molecule has 0 fully saturated rings. The van der Waals surface area contributed by atoms with Crippen LogP contribution in [0.2, 0.25) is 5.02 Å². The summed E-state index contributed by atoms with van der Waals surface area (Å²) in [5, 5.41) is 18.6. The van der Waals surface area contributed by atoms with Gasteiger partial charge in [0, 0.05) is 11.2 Å². The molecule has 0 unspecified atom stereocenters. The van der Waals surface area contributed by atoms with Crippen LogP contribution in [-0.2, 0) is 9.59 Å². The molecule has 144 valence electrons. The minimum Gasteiger partial charge on any atom is -0.480 e. The zero-order valence-corrected chi connectivity index (χ0v) is 15.7. The van der Waals surface area contributed by atoms with Gasteiger partial charge in [-0.05, 0) is 36.6 Å². The van der Waals surface area contributed by atoms with Crippen molar-refractivity contribution >= 4 is 29.4 Å². The molecule has 1 atom stereocenters. The number of hydrogen-bond acceptors (Lipinski definition) is 4. The second kappa shape index (κ2) is 9.18. The van der Waals surface area contributed by atoms with E-state index >= 15 is 0 Å². The molecule has 0 aliphatic heterocycles. The molecule has 27 heavy (non-hydrogen) atoms. The van der Waals surface area contributed by atoms with Gasteiger partial charge in [0.2, 0.25) is 5.91 Å². The van der Waals surface area contributed by atoms with Gasteiger partial charge >= 0.3 is 5.97 Å². The zero-order valence-electron chi connectivity index (χ0n) is 15.0. The Hall–Kier alpha value is -2.87. The van der Waals surface area contributed by atoms with E-state index < -0.39 is 23.8 Å². The first-order valence-corrected chi connectivity index (χ1v) is 8.76. The maximum absolute atomic E-state index is 12.1. The van der Waals surface area contributed by atoms with E-state index in [-0.39, 0.29) is 18.2 Å². The Morgan fingerprint density at radius 3 is 2.63 bits per heavy atom. The predicted octanol–water partition coefficient (Wildman–Crippen LogP) is 1.87. The molecule has 8 nitrogen and oxygen atoms in total. The summed E-state index contributed by atoms with van der Waals surface area (Å²) in [6, 6.07) is 7.49. The molecule has 2 aromatic rings. The first kappa shape index (κ1) is 20.4. The molecule has 1 aromatic carbocycles. The number of carbonyl (C=O) groups is 3. The van der Waals surface area contributed by atoms with Crippen LogP contribution in [-0.4, -0.2) is 45.3 Å². The smallest absolute Gasteiger partial charge is 0.326 e. The molecule has 0 aliphatic rings. The molecule has 0 bridgehead atoms. The average molecular weight is 393 g/mol. The van der Waals surface area contributed by atoms with Gasteiger partial charge in [0.05, 0.1) is 12.2 Å². The number of nitrogens with one attached hydrogen (secondary N) is 2. The number of carbonyl (C=O) groups excluding carboxylic acids is 2. The number of benzene rings is 1. The molecule has 0 saturated carbocycles. The lowest BCUT2D eigenvalue weighted by Crippen LogP contribution is -2.46. The Balaban J connectivity index is 1.92. The molecule has 0 aliphatic carbocycles. The molecule has 0 saturated heterocycles. The van der Waals surface area contributed by atoms with E-state index in [1.165, 1.54) is 10.7 Å². The van der Waals surface area contributed by atoms with Crippen molar-refractivity contribution in [3.05, 3.63) is 47.2 Å². The molecule has 2 amide bonds. The van der Waals surface area contributed by atoms with Crippen LogP contribution < -0.4 is 10.6 Å². The van der Waals surface area contributed by atoms with E-state index in [0.717, 1.165) is 0 Å². The lowest BCUT2D eigenvalue weighted by molar-refractivity contribution is -0.142. The summed E-state index contributed by atoms with van der Waals surface area (Å²) < 4.78 is 1.49. The SMILES string of the molecule is CC(C)C[C@H](NC(=O)CNC(=O)c1ccn(-c2cccc(Cl)c2)n1)C(=O)O. The van der Waals surface area contributed by atoms with Crippen LogP contribution in [0.25, 0.3) is 5.69 Å². The third-order valence-corrected chi connectivity index (χ3v) is 3.88. The van der Waals surface area contributed by atoms with Crippen molar-refractivity contribution in [1.29, 1.82) is 0 Å². The molecule has 1 heterocycles. The Morgan fingerprint density at radius 2 is 2.00 bits per heavy atom. The van der Waals surface area contributed by atoms with Gasteiger partial charge in [-0.2, -0.15) is 5.10 Å².